The average Bonchev–Trinajstić information content (AvgIpc) is 3.79. The van der Waals surface area contributed by atoms with Gasteiger partial charge in [0.25, 0.3) is 5.91 Å². The molecule has 1 amide bonds. The lowest BCUT2D eigenvalue weighted by molar-refractivity contribution is -0.118. The van der Waals surface area contributed by atoms with Crippen molar-refractivity contribution in [2.24, 2.45) is 0 Å². The molecular weight excluding hydrogens is 650 g/mol. The zero-order chi connectivity index (χ0) is 35.2. The lowest BCUT2D eigenvalue weighted by Crippen LogP contribution is -2.38. The average molecular weight is 688 g/mol. The number of hydrogen-bond donors (Lipinski definition) is 2. The maximum Gasteiger partial charge on any atom is 0.263 e. The molecule has 4 aromatic carbocycles. The second kappa shape index (κ2) is 15.0. The molecule has 2 N–H and O–H groups in total. The third kappa shape index (κ3) is 6.97. The molecule has 12 nitrogen and oxygen atoms in total. The van der Waals surface area contributed by atoms with E-state index in [1.54, 1.807) is 37.2 Å². The van der Waals surface area contributed by atoms with Crippen LogP contribution in [-0.4, -0.2) is 70.2 Å². The Bertz CT molecular complexity index is 2010. The molecule has 0 spiro atoms. The van der Waals surface area contributed by atoms with Crippen LogP contribution in [0.15, 0.2) is 122 Å². The molecule has 7 rings (SSSR count). The standard InChI is InChI=1S/C39H37N5O7/c1-47-29-17-13-27(14-18-29)39(26-9-5-3-6-10-26,28-15-19-30(48-2)20-16-28)50-22-33-32(45)21-35(51-33)44-25-42-36-37(40-24-41-38(36)44)43-34(46)23-49-31-11-7-4-8-12-31/h3-20,24-25,32-33,35,45H,21-23H2,1-2H3,(H,40,41,43,46). The number of carbonyl (C=O) groups is 1. The quantitative estimate of drug-likeness (QED) is 0.149. The van der Waals surface area contributed by atoms with Crippen LogP contribution in [-0.2, 0) is 19.9 Å². The number of benzene rings is 4. The molecule has 2 aromatic heterocycles. The summed E-state index contributed by atoms with van der Waals surface area (Å²) in [6.45, 7) is -0.150. The molecule has 3 unspecified atom stereocenters. The lowest BCUT2D eigenvalue weighted by atomic mass is 9.80. The van der Waals surface area contributed by atoms with Crippen molar-refractivity contribution < 1.29 is 33.6 Å². The number of methoxy groups -OCH3 is 2. The van der Waals surface area contributed by atoms with E-state index in [0.717, 1.165) is 16.7 Å². The fourth-order valence-electron chi connectivity index (χ4n) is 6.31. The molecule has 3 heterocycles. The molecule has 1 fully saturated rings. The van der Waals surface area contributed by atoms with Gasteiger partial charge in [0.1, 0.15) is 41.5 Å². The van der Waals surface area contributed by atoms with E-state index in [1.165, 1.54) is 6.33 Å². The van der Waals surface area contributed by atoms with Crippen LogP contribution in [0.4, 0.5) is 5.82 Å². The van der Waals surface area contributed by atoms with Crippen molar-refractivity contribution in [1.29, 1.82) is 0 Å². The minimum Gasteiger partial charge on any atom is -0.497 e. The summed E-state index contributed by atoms with van der Waals surface area (Å²) < 4.78 is 31.6. The number of para-hydroxylation sites is 1. The number of ether oxygens (including phenoxy) is 5. The number of amides is 1. The van der Waals surface area contributed by atoms with Gasteiger partial charge in [-0.25, -0.2) is 15.0 Å². The fourth-order valence-corrected chi connectivity index (χ4v) is 6.31. The third-order valence-corrected chi connectivity index (χ3v) is 8.88. The van der Waals surface area contributed by atoms with Crippen LogP contribution >= 0.6 is 0 Å². The number of nitrogens with zero attached hydrogens (tertiary/aromatic N) is 4. The first kappa shape index (κ1) is 33.7. The normalized spacial score (nSPS) is 17.3. The number of aliphatic hydroxyl groups is 1. The maximum absolute atomic E-state index is 12.7. The van der Waals surface area contributed by atoms with Gasteiger partial charge in [0.15, 0.2) is 23.6 Å². The van der Waals surface area contributed by atoms with Gasteiger partial charge in [-0.15, -0.1) is 0 Å². The van der Waals surface area contributed by atoms with Crippen molar-refractivity contribution in [2.45, 2.75) is 30.5 Å². The van der Waals surface area contributed by atoms with E-state index in [1.807, 2.05) is 97.1 Å². The number of imidazole rings is 1. The van der Waals surface area contributed by atoms with Gasteiger partial charge >= 0.3 is 0 Å². The molecule has 0 radical (unpaired) electrons. The molecule has 3 atom stereocenters. The summed E-state index contributed by atoms with van der Waals surface area (Å²) >= 11 is 0. The summed E-state index contributed by atoms with van der Waals surface area (Å²) in [6.07, 6.45) is 1.02. The first-order valence-corrected chi connectivity index (χ1v) is 16.5. The third-order valence-electron chi connectivity index (χ3n) is 8.88. The number of anilines is 1. The van der Waals surface area contributed by atoms with E-state index in [9.17, 15) is 9.90 Å². The van der Waals surface area contributed by atoms with Crippen LogP contribution in [0.25, 0.3) is 11.2 Å². The van der Waals surface area contributed by atoms with Gasteiger partial charge in [-0.3, -0.25) is 9.36 Å². The van der Waals surface area contributed by atoms with Crippen LogP contribution in [0.1, 0.15) is 29.3 Å². The molecule has 1 saturated heterocycles. The highest BCUT2D eigenvalue weighted by atomic mass is 16.6. The van der Waals surface area contributed by atoms with Crippen molar-refractivity contribution in [1.82, 2.24) is 19.5 Å². The van der Waals surface area contributed by atoms with E-state index in [0.29, 0.717) is 28.4 Å². The van der Waals surface area contributed by atoms with Crippen LogP contribution < -0.4 is 19.5 Å². The highest BCUT2D eigenvalue weighted by molar-refractivity contribution is 5.97. The molecule has 51 heavy (non-hydrogen) atoms. The Morgan fingerprint density at radius 1 is 0.824 bits per heavy atom. The number of aromatic nitrogens is 4. The van der Waals surface area contributed by atoms with Gasteiger partial charge in [0.05, 0.1) is 33.3 Å². The van der Waals surface area contributed by atoms with Crippen LogP contribution in [0.5, 0.6) is 17.2 Å². The zero-order valence-corrected chi connectivity index (χ0v) is 28.1. The van der Waals surface area contributed by atoms with Crippen molar-refractivity contribution in [3.63, 3.8) is 0 Å². The van der Waals surface area contributed by atoms with E-state index in [-0.39, 0.29) is 25.5 Å². The van der Waals surface area contributed by atoms with Crippen LogP contribution in [0.3, 0.4) is 0 Å². The Labute approximate surface area is 294 Å². The Morgan fingerprint density at radius 2 is 1.43 bits per heavy atom. The molecule has 1 aliphatic heterocycles. The van der Waals surface area contributed by atoms with Gasteiger partial charge < -0.3 is 34.1 Å². The van der Waals surface area contributed by atoms with Gasteiger partial charge in [0.2, 0.25) is 0 Å². The largest absolute Gasteiger partial charge is 0.497 e. The first-order valence-electron chi connectivity index (χ1n) is 16.5. The predicted molar refractivity (Wildman–Crippen MR) is 189 cm³/mol. The second-order valence-electron chi connectivity index (χ2n) is 11.9. The highest BCUT2D eigenvalue weighted by Gasteiger charge is 2.42. The summed E-state index contributed by atoms with van der Waals surface area (Å²) in [5.41, 5.74) is 2.37. The summed E-state index contributed by atoms with van der Waals surface area (Å²) in [4.78, 5) is 25.8. The summed E-state index contributed by atoms with van der Waals surface area (Å²) in [7, 11) is 3.26. The predicted octanol–water partition coefficient (Wildman–Crippen LogP) is 5.52. The molecule has 0 saturated carbocycles. The molecule has 0 bridgehead atoms. The molecule has 12 heteroatoms. The molecule has 0 aliphatic carbocycles. The number of aliphatic hydroxyl groups excluding tert-OH is 1. The highest BCUT2D eigenvalue weighted by Crippen LogP contribution is 2.43. The van der Waals surface area contributed by atoms with Crippen molar-refractivity contribution in [3.8, 4) is 17.2 Å². The Morgan fingerprint density at radius 3 is 2.06 bits per heavy atom. The molecule has 260 valence electrons. The van der Waals surface area contributed by atoms with Crippen molar-refractivity contribution in [3.05, 3.63) is 139 Å². The number of carbonyl (C=O) groups excluding carboxylic acids is 1. The van der Waals surface area contributed by atoms with Crippen molar-refractivity contribution >= 4 is 22.9 Å². The number of hydrogen-bond acceptors (Lipinski definition) is 10. The van der Waals surface area contributed by atoms with E-state index >= 15 is 0 Å². The molecule has 1 aliphatic rings. The van der Waals surface area contributed by atoms with Crippen LogP contribution in [0.2, 0.25) is 0 Å². The zero-order valence-electron chi connectivity index (χ0n) is 28.1. The van der Waals surface area contributed by atoms with Crippen molar-refractivity contribution in [2.75, 3.05) is 32.8 Å². The van der Waals surface area contributed by atoms with Gasteiger partial charge in [-0.05, 0) is 53.1 Å². The summed E-state index contributed by atoms with van der Waals surface area (Å²) in [5, 5.41) is 14.1. The van der Waals surface area contributed by atoms with Crippen LogP contribution in [0, 0.1) is 0 Å². The van der Waals surface area contributed by atoms with E-state index in [4.69, 9.17) is 23.7 Å². The minimum absolute atomic E-state index is 0.0506. The molecular formula is C39H37N5O7. The number of nitrogens with one attached hydrogen (secondary N) is 1. The Hall–Kier alpha value is -5.82. The minimum atomic E-state index is -1.08. The van der Waals surface area contributed by atoms with E-state index < -0.39 is 29.9 Å². The Kier molecular flexibility index (Phi) is 9.88. The Balaban J connectivity index is 1.13. The van der Waals surface area contributed by atoms with E-state index in [2.05, 4.69) is 20.3 Å². The summed E-state index contributed by atoms with van der Waals surface area (Å²) in [5.74, 6) is 1.85. The SMILES string of the molecule is COc1ccc(C(OCC2OC(n3cnc4c(NC(=O)COc5ccccc5)ncnc43)CC2O)(c2ccccc2)c2ccc(OC)cc2)cc1. The second-order valence-corrected chi connectivity index (χ2v) is 11.9. The maximum atomic E-state index is 12.7. The monoisotopic (exact) mass is 687 g/mol. The summed E-state index contributed by atoms with van der Waals surface area (Å²) in [6, 6.07) is 34.5. The smallest absolute Gasteiger partial charge is 0.263 e. The molecule has 6 aromatic rings. The number of rotatable bonds is 13. The fraction of sp³-hybridized carbons (Fsp3) is 0.231. The van der Waals surface area contributed by atoms with Gasteiger partial charge in [0, 0.05) is 6.42 Å². The van der Waals surface area contributed by atoms with Gasteiger partial charge in [-0.2, -0.15) is 0 Å². The van der Waals surface area contributed by atoms with Gasteiger partial charge in [-0.1, -0.05) is 72.8 Å². The first-order chi connectivity index (χ1) is 25.0. The lowest BCUT2D eigenvalue weighted by Gasteiger charge is -2.37. The number of fused-ring (bicyclic) bond motifs is 1. The topological polar surface area (TPSA) is 139 Å².